The monoisotopic (exact) mass is 481 g/mol. The molecule has 2 aromatic carbocycles. The molecular formula is C19H17F2N5O2S3. The van der Waals surface area contributed by atoms with Crippen LogP contribution in [0.15, 0.2) is 57.8 Å². The number of amides is 2. The van der Waals surface area contributed by atoms with Gasteiger partial charge in [0.05, 0.1) is 5.75 Å². The van der Waals surface area contributed by atoms with Crippen molar-refractivity contribution in [3.63, 3.8) is 0 Å². The number of hydrogen-bond acceptors (Lipinski definition) is 8. The van der Waals surface area contributed by atoms with E-state index < -0.39 is 5.76 Å². The highest BCUT2D eigenvalue weighted by Crippen LogP contribution is 2.30. The van der Waals surface area contributed by atoms with Gasteiger partial charge in [0.1, 0.15) is 0 Å². The smallest absolute Gasteiger partial charge is 0.288 e. The lowest BCUT2D eigenvalue weighted by Gasteiger charge is -2.05. The van der Waals surface area contributed by atoms with Crippen molar-refractivity contribution in [2.75, 3.05) is 23.4 Å². The van der Waals surface area contributed by atoms with Gasteiger partial charge in [-0.05, 0) is 48.5 Å². The molecule has 31 heavy (non-hydrogen) atoms. The maximum absolute atomic E-state index is 12.4. The first-order valence-corrected chi connectivity index (χ1v) is 11.5. The highest BCUT2D eigenvalue weighted by Gasteiger charge is 2.10. The lowest BCUT2D eigenvalue weighted by Crippen LogP contribution is -2.18. The molecule has 0 radical (unpaired) electrons. The van der Waals surface area contributed by atoms with E-state index in [9.17, 15) is 18.4 Å². The molecule has 0 fully saturated rings. The summed E-state index contributed by atoms with van der Waals surface area (Å²) in [4.78, 5) is 24.1. The Hall–Kier alpha value is -2.70. The first kappa shape index (κ1) is 23.0. The number of benzene rings is 2. The van der Waals surface area contributed by atoms with Crippen molar-refractivity contribution < 1.29 is 18.4 Å². The molecule has 3 N–H and O–H groups in total. The normalized spacial score (nSPS) is 10.7. The average molecular weight is 482 g/mol. The SMILES string of the molecule is CNC(=O)c1ccc(NC(=O)CSc2nnc(Nc3ccc(SC(F)F)cc3)s2)cc1. The van der Waals surface area contributed by atoms with E-state index in [1.165, 1.54) is 23.1 Å². The second-order valence-electron chi connectivity index (χ2n) is 5.89. The molecule has 2 amide bonds. The van der Waals surface area contributed by atoms with E-state index in [0.717, 1.165) is 0 Å². The van der Waals surface area contributed by atoms with Crippen molar-refractivity contribution in [3.8, 4) is 0 Å². The fourth-order valence-corrected chi connectivity index (χ4v) is 4.41. The fraction of sp³-hybridized carbons (Fsp3) is 0.158. The molecule has 0 unspecified atom stereocenters. The van der Waals surface area contributed by atoms with Gasteiger partial charge in [0.2, 0.25) is 11.0 Å². The van der Waals surface area contributed by atoms with E-state index in [1.54, 1.807) is 55.6 Å². The molecular weight excluding hydrogens is 464 g/mol. The predicted octanol–water partition coefficient (Wildman–Crippen LogP) is 4.69. The van der Waals surface area contributed by atoms with Crippen molar-refractivity contribution >= 4 is 63.2 Å². The van der Waals surface area contributed by atoms with Gasteiger partial charge in [-0.25, -0.2) is 0 Å². The van der Waals surface area contributed by atoms with E-state index in [1.807, 2.05) is 0 Å². The number of hydrogen-bond donors (Lipinski definition) is 3. The number of rotatable bonds is 9. The van der Waals surface area contributed by atoms with Crippen LogP contribution in [0.1, 0.15) is 10.4 Å². The summed E-state index contributed by atoms with van der Waals surface area (Å²) in [6.45, 7) is 0. The highest BCUT2D eigenvalue weighted by molar-refractivity contribution is 8.01. The van der Waals surface area contributed by atoms with Crippen LogP contribution in [0.4, 0.5) is 25.3 Å². The largest absolute Gasteiger partial charge is 0.355 e. The summed E-state index contributed by atoms with van der Waals surface area (Å²) in [5.41, 5.74) is 1.79. The molecule has 0 atom stereocenters. The summed E-state index contributed by atoms with van der Waals surface area (Å²) < 4.78 is 25.3. The van der Waals surface area contributed by atoms with Crippen LogP contribution in [0.5, 0.6) is 0 Å². The number of thioether (sulfide) groups is 2. The molecule has 0 bridgehead atoms. The number of carbonyl (C=O) groups is 2. The summed E-state index contributed by atoms with van der Waals surface area (Å²) in [7, 11) is 1.55. The van der Waals surface area contributed by atoms with Crippen LogP contribution in [0.3, 0.4) is 0 Å². The van der Waals surface area contributed by atoms with E-state index in [2.05, 4.69) is 26.1 Å². The van der Waals surface area contributed by atoms with Crippen molar-refractivity contribution in [1.82, 2.24) is 15.5 Å². The van der Waals surface area contributed by atoms with Crippen LogP contribution in [-0.4, -0.2) is 40.6 Å². The number of nitrogens with zero attached hydrogens (tertiary/aromatic N) is 2. The zero-order chi connectivity index (χ0) is 22.2. The van der Waals surface area contributed by atoms with E-state index >= 15 is 0 Å². The van der Waals surface area contributed by atoms with Gasteiger partial charge >= 0.3 is 0 Å². The van der Waals surface area contributed by atoms with Gasteiger partial charge in [0, 0.05) is 28.9 Å². The summed E-state index contributed by atoms with van der Waals surface area (Å²) in [6, 6.07) is 13.1. The fourth-order valence-electron chi connectivity index (χ4n) is 2.34. The second-order valence-corrected chi connectivity index (χ2v) is 9.16. The number of carbonyl (C=O) groups excluding carboxylic acids is 2. The van der Waals surface area contributed by atoms with Gasteiger partial charge in [-0.2, -0.15) is 8.78 Å². The quantitative estimate of drug-likeness (QED) is 0.382. The molecule has 12 heteroatoms. The van der Waals surface area contributed by atoms with Gasteiger partial charge < -0.3 is 16.0 Å². The summed E-state index contributed by atoms with van der Waals surface area (Å²) in [5.74, 6) is -2.72. The summed E-state index contributed by atoms with van der Waals surface area (Å²) in [5, 5.41) is 16.9. The summed E-state index contributed by atoms with van der Waals surface area (Å²) >= 11 is 3.01. The first-order chi connectivity index (χ1) is 14.9. The summed E-state index contributed by atoms with van der Waals surface area (Å²) in [6.07, 6.45) is 0. The van der Waals surface area contributed by atoms with Gasteiger partial charge in [0.15, 0.2) is 4.34 Å². The molecule has 3 aromatic rings. The topological polar surface area (TPSA) is 96.0 Å². The van der Waals surface area contributed by atoms with Gasteiger partial charge in [-0.15, -0.1) is 10.2 Å². The molecule has 1 aromatic heterocycles. The number of nitrogens with one attached hydrogen (secondary N) is 3. The maximum Gasteiger partial charge on any atom is 0.288 e. The Bertz CT molecular complexity index is 1030. The van der Waals surface area contributed by atoms with Crippen LogP contribution in [0.2, 0.25) is 0 Å². The maximum atomic E-state index is 12.4. The Labute approximate surface area is 189 Å². The van der Waals surface area contributed by atoms with Gasteiger partial charge in [-0.1, -0.05) is 34.9 Å². The number of halogens is 2. The Morgan fingerprint density at radius 3 is 2.35 bits per heavy atom. The second kappa shape index (κ2) is 11.1. The van der Waals surface area contributed by atoms with E-state index in [-0.39, 0.29) is 17.6 Å². The van der Waals surface area contributed by atoms with Gasteiger partial charge in [-0.3, -0.25) is 9.59 Å². The molecule has 1 heterocycles. The minimum absolute atomic E-state index is 0.144. The molecule has 0 saturated heterocycles. The Kier molecular flexibility index (Phi) is 8.20. The Morgan fingerprint density at radius 2 is 1.71 bits per heavy atom. The number of alkyl halides is 2. The molecule has 0 aliphatic carbocycles. The van der Waals surface area contributed by atoms with Crippen molar-refractivity contribution in [3.05, 3.63) is 54.1 Å². The van der Waals surface area contributed by atoms with E-state index in [4.69, 9.17) is 0 Å². The predicted molar refractivity (Wildman–Crippen MR) is 121 cm³/mol. The lowest BCUT2D eigenvalue weighted by molar-refractivity contribution is -0.113. The molecule has 7 nitrogen and oxygen atoms in total. The zero-order valence-corrected chi connectivity index (χ0v) is 18.5. The van der Waals surface area contributed by atoms with Crippen LogP contribution in [-0.2, 0) is 4.79 Å². The highest BCUT2D eigenvalue weighted by atomic mass is 32.2. The van der Waals surface area contributed by atoms with Crippen molar-refractivity contribution in [1.29, 1.82) is 0 Å². The van der Waals surface area contributed by atoms with Crippen molar-refractivity contribution in [2.24, 2.45) is 0 Å². The minimum atomic E-state index is -2.46. The average Bonchev–Trinajstić information content (AvgIpc) is 3.20. The minimum Gasteiger partial charge on any atom is -0.355 e. The third kappa shape index (κ3) is 7.19. The standard InChI is InChI=1S/C19H17F2N5O2S3/c1-22-16(28)11-2-4-12(5-3-11)23-15(27)10-29-19-26-25-18(31-19)24-13-6-8-14(9-7-13)30-17(20)21/h2-9,17H,10H2,1H3,(H,22,28)(H,23,27)(H,24,25). The molecule has 0 saturated carbocycles. The number of aromatic nitrogens is 2. The zero-order valence-electron chi connectivity index (χ0n) is 16.1. The van der Waals surface area contributed by atoms with Crippen molar-refractivity contribution in [2.45, 2.75) is 15.0 Å². The molecule has 0 aliphatic heterocycles. The first-order valence-electron chi connectivity index (χ1n) is 8.83. The Balaban J connectivity index is 1.47. The van der Waals surface area contributed by atoms with Crippen LogP contribution < -0.4 is 16.0 Å². The van der Waals surface area contributed by atoms with Crippen LogP contribution in [0, 0.1) is 0 Å². The van der Waals surface area contributed by atoms with E-state index in [0.29, 0.717) is 43.1 Å². The van der Waals surface area contributed by atoms with Crippen LogP contribution >= 0.6 is 34.9 Å². The third-order valence-corrected chi connectivity index (χ3v) is 6.42. The Morgan fingerprint density at radius 1 is 1.03 bits per heavy atom. The molecule has 0 spiro atoms. The molecule has 3 rings (SSSR count). The van der Waals surface area contributed by atoms with Gasteiger partial charge in [0.25, 0.3) is 11.7 Å². The third-order valence-electron chi connectivity index (χ3n) is 3.72. The van der Waals surface area contributed by atoms with Crippen LogP contribution in [0.25, 0.3) is 0 Å². The molecule has 162 valence electrons. The molecule has 0 aliphatic rings. The lowest BCUT2D eigenvalue weighted by atomic mass is 10.2. The number of anilines is 3.